The molecule has 0 aromatic heterocycles. The van der Waals surface area contributed by atoms with Crippen LogP contribution in [0.4, 0.5) is 5.69 Å². The van der Waals surface area contributed by atoms with Crippen molar-refractivity contribution in [2.24, 2.45) is 0 Å². The summed E-state index contributed by atoms with van der Waals surface area (Å²) in [5.41, 5.74) is 0.889. The van der Waals surface area contributed by atoms with Gasteiger partial charge in [0.2, 0.25) is 11.7 Å². The number of hydrogen-bond donors (Lipinski definition) is 1. The van der Waals surface area contributed by atoms with E-state index in [9.17, 15) is 19.2 Å². The van der Waals surface area contributed by atoms with Crippen molar-refractivity contribution in [1.29, 1.82) is 0 Å². The van der Waals surface area contributed by atoms with Gasteiger partial charge in [0, 0.05) is 30.3 Å². The molecule has 0 aliphatic heterocycles. The summed E-state index contributed by atoms with van der Waals surface area (Å²) < 4.78 is 9.56. The number of Topliss-reactive ketones (excluding diaryl/α,β-unsaturated/α-hetero) is 1. The molecule has 1 amide bonds. The lowest BCUT2D eigenvalue weighted by molar-refractivity contribution is -0.141. The van der Waals surface area contributed by atoms with Crippen LogP contribution in [0.25, 0.3) is 0 Å². The molecule has 1 aromatic carbocycles. The molecular weight excluding hydrogens is 314 g/mol. The van der Waals surface area contributed by atoms with E-state index in [0.717, 1.165) is 12.2 Å². The molecule has 7 heteroatoms. The van der Waals surface area contributed by atoms with Crippen LogP contribution in [-0.2, 0) is 23.9 Å². The van der Waals surface area contributed by atoms with Gasteiger partial charge < -0.3 is 14.8 Å². The van der Waals surface area contributed by atoms with E-state index >= 15 is 0 Å². The van der Waals surface area contributed by atoms with E-state index in [4.69, 9.17) is 4.74 Å². The first-order valence-electron chi connectivity index (χ1n) is 7.30. The number of esters is 2. The molecule has 0 saturated heterocycles. The van der Waals surface area contributed by atoms with E-state index < -0.39 is 23.8 Å². The first-order chi connectivity index (χ1) is 11.3. The molecule has 0 bridgehead atoms. The van der Waals surface area contributed by atoms with Gasteiger partial charge in [-0.2, -0.15) is 0 Å². The Labute approximate surface area is 139 Å². The molecule has 0 radical (unpaired) electrons. The van der Waals surface area contributed by atoms with E-state index in [1.54, 1.807) is 19.1 Å². The van der Waals surface area contributed by atoms with Crippen LogP contribution < -0.4 is 5.32 Å². The standard InChI is InChI=1S/C17H19NO6/c1-4-23-15(20)9-10-16(21)24-11(2)17(22)13-5-7-14(8-6-13)18-12(3)19/h5-11H,4H2,1-3H3,(H,18,19). The van der Waals surface area contributed by atoms with E-state index in [1.807, 2.05) is 0 Å². The summed E-state index contributed by atoms with van der Waals surface area (Å²) in [6.07, 6.45) is 0.823. The zero-order valence-electron chi connectivity index (χ0n) is 13.7. The average molecular weight is 333 g/mol. The van der Waals surface area contributed by atoms with Crippen molar-refractivity contribution >= 4 is 29.3 Å². The topological polar surface area (TPSA) is 98.8 Å². The van der Waals surface area contributed by atoms with Gasteiger partial charge in [0.15, 0.2) is 6.10 Å². The van der Waals surface area contributed by atoms with Crippen molar-refractivity contribution < 1.29 is 28.7 Å². The number of carbonyl (C=O) groups is 4. The van der Waals surface area contributed by atoms with Gasteiger partial charge >= 0.3 is 11.9 Å². The van der Waals surface area contributed by atoms with Crippen molar-refractivity contribution in [3.05, 3.63) is 42.0 Å². The van der Waals surface area contributed by atoms with Gasteiger partial charge in [0.1, 0.15) is 0 Å². The van der Waals surface area contributed by atoms with Gasteiger partial charge in [0.25, 0.3) is 0 Å². The normalized spacial score (nSPS) is 11.6. The Bertz CT molecular complexity index is 648. The van der Waals surface area contributed by atoms with E-state index in [1.165, 1.54) is 26.0 Å². The third-order valence-electron chi connectivity index (χ3n) is 2.79. The summed E-state index contributed by atoms with van der Waals surface area (Å²) in [6.45, 7) is 4.65. The van der Waals surface area contributed by atoms with Gasteiger partial charge in [-0.15, -0.1) is 0 Å². The number of nitrogens with one attached hydrogen (secondary N) is 1. The number of hydrogen-bond acceptors (Lipinski definition) is 6. The van der Waals surface area contributed by atoms with Crippen LogP contribution >= 0.6 is 0 Å². The maximum Gasteiger partial charge on any atom is 0.331 e. The lowest BCUT2D eigenvalue weighted by Crippen LogP contribution is -2.23. The maximum absolute atomic E-state index is 12.2. The predicted molar refractivity (Wildman–Crippen MR) is 86.4 cm³/mol. The van der Waals surface area contributed by atoms with E-state index in [0.29, 0.717) is 11.3 Å². The van der Waals surface area contributed by atoms with Crippen LogP contribution in [0.5, 0.6) is 0 Å². The van der Waals surface area contributed by atoms with Gasteiger partial charge in [0.05, 0.1) is 6.61 Å². The Hall–Kier alpha value is -2.96. The zero-order valence-corrected chi connectivity index (χ0v) is 13.7. The highest BCUT2D eigenvalue weighted by molar-refractivity contribution is 6.01. The molecule has 0 fully saturated rings. The predicted octanol–water partition coefficient (Wildman–Crippen LogP) is 1.88. The fourth-order valence-electron chi connectivity index (χ4n) is 1.75. The molecule has 0 saturated carbocycles. The fraction of sp³-hybridized carbons (Fsp3) is 0.294. The molecule has 128 valence electrons. The molecular formula is C17H19NO6. The summed E-state index contributed by atoms with van der Waals surface area (Å²) in [5.74, 6) is -2.10. The highest BCUT2D eigenvalue weighted by atomic mass is 16.5. The minimum Gasteiger partial charge on any atom is -0.463 e. The molecule has 1 aromatic rings. The third-order valence-corrected chi connectivity index (χ3v) is 2.79. The maximum atomic E-state index is 12.2. The number of anilines is 1. The summed E-state index contributed by atoms with van der Waals surface area (Å²) in [6, 6.07) is 6.19. The molecule has 0 aliphatic carbocycles. The number of carbonyl (C=O) groups excluding carboxylic acids is 4. The van der Waals surface area contributed by atoms with Gasteiger partial charge in [-0.25, -0.2) is 9.59 Å². The molecule has 24 heavy (non-hydrogen) atoms. The second-order valence-corrected chi connectivity index (χ2v) is 4.79. The second kappa shape index (κ2) is 9.24. The second-order valence-electron chi connectivity index (χ2n) is 4.79. The molecule has 7 nitrogen and oxygen atoms in total. The number of benzene rings is 1. The fourth-order valence-corrected chi connectivity index (χ4v) is 1.75. The highest BCUT2D eigenvalue weighted by Gasteiger charge is 2.18. The van der Waals surface area contributed by atoms with Gasteiger partial charge in [-0.05, 0) is 38.1 Å². The monoisotopic (exact) mass is 333 g/mol. The highest BCUT2D eigenvalue weighted by Crippen LogP contribution is 2.12. The Kier molecular flexibility index (Phi) is 7.35. The Morgan fingerprint density at radius 2 is 1.67 bits per heavy atom. The van der Waals surface area contributed by atoms with Crippen molar-refractivity contribution in [2.75, 3.05) is 11.9 Å². The molecule has 0 spiro atoms. The first kappa shape index (κ1) is 19.1. The van der Waals surface area contributed by atoms with Crippen LogP contribution in [0, 0.1) is 0 Å². The smallest absolute Gasteiger partial charge is 0.331 e. The van der Waals surface area contributed by atoms with Crippen LogP contribution in [0.15, 0.2) is 36.4 Å². The average Bonchev–Trinajstić information content (AvgIpc) is 2.52. The minimum absolute atomic E-state index is 0.196. The van der Waals surface area contributed by atoms with Crippen LogP contribution in [0.1, 0.15) is 31.1 Å². The molecule has 1 N–H and O–H groups in total. The number of ketones is 1. The van der Waals surface area contributed by atoms with E-state index in [-0.39, 0.29) is 12.5 Å². The van der Waals surface area contributed by atoms with Gasteiger partial charge in [-0.3, -0.25) is 9.59 Å². The zero-order chi connectivity index (χ0) is 18.1. The first-order valence-corrected chi connectivity index (χ1v) is 7.30. The molecule has 0 aliphatic rings. The third kappa shape index (κ3) is 6.43. The molecule has 0 heterocycles. The van der Waals surface area contributed by atoms with Gasteiger partial charge in [-0.1, -0.05) is 0 Å². The van der Waals surface area contributed by atoms with Crippen LogP contribution in [-0.4, -0.2) is 36.3 Å². The number of rotatable bonds is 7. The molecule has 1 atom stereocenters. The van der Waals surface area contributed by atoms with Crippen LogP contribution in [0.3, 0.4) is 0 Å². The molecule has 1 rings (SSSR count). The summed E-state index contributed by atoms with van der Waals surface area (Å²) in [4.78, 5) is 45.8. The minimum atomic E-state index is -1.02. The Morgan fingerprint density at radius 1 is 1.08 bits per heavy atom. The lowest BCUT2D eigenvalue weighted by atomic mass is 10.1. The summed E-state index contributed by atoms with van der Waals surface area (Å²) >= 11 is 0. The van der Waals surface area contributed by atoms with Crippen molar-refractivity contribution in [2.45, 2.75) is 26.9 Å². The number of ether oxygens (including phenoxy) is 2. The van der Waals surface area contributed by atoms with E-state index in [2.05, 4.69) is 10.1 Å². The molecule has 1 unspecified atom stereocenters. The summed E-state index contributed by atoms with van der Waals surface area (Å²) in [5, 5.41) is 2.58. The lowest BCUT2D eigenvalue weighted by Gasteiger charge is -2.11. The Morgan fingerprint density at radius 3 is 2.21 bits per heavy atom. The SMILES string of the molecule is CCOC(=O)C=CC(=O)OC(C)C(=O)c1ccc(NC(C)=O)cc1. The van der Waals surface area contributed by atoms with Crippen molar-refractivity contribution in [3.8, 4) is 0 Å². The van der Waals surface area contributed by atoms with Crippen molar-refractivity contribution in [1.82, 2.24) is 0 Å². The summed E-state index contributed by atoms with van der Waals surface area (Å²) in [7, 11) is 0. The van der Waals surface area contributed by atoms with Crippen molar-refractivity contribution in [3.63, 3.8) is 0 Å². The number of amides is 1. The largest absolute Gasteiger partial charge is 0.463 e. The Balaban J connectivity index is 2.62. The van der Waals surface area contributed by atoms with Crippen LogP contribution in [0.2, 0.25) is 0 Å². The quantitative estimate of drug-likeness (QED) is 0.465.